The Balaban J connectivity index is 0.000000360. The van der Waals surface area contributed by atoms with Gasteiger partial charge in [-0.1, -0.05) is 57.4 Å². The van der Waals surface area contributed by atoms with Crippen LogP contribution in [-0.2, 0) is 60.4 Å². The van der Waals surface area contributed by atoms with Crippen molar-refractivity contribution in [3.63, 3.8) is 0 Å². The van der Waals surface area contributed by atoms with Crippen LogP contribution in [-0.4, -0.2) is 222 Å². The van der Waals surface area contributed by atoms with E-state index >= 15 is 0 Å². The number of ether oxygens (including phenoxy) is 6. The number of unbranched alkanes of at least 4 members (excludes halogenated alkanes) is 5. The highest BCUT2D eigenvalue weighted by Gasteiger charge is 2.26. The van der Waals surface area contributed by atoms with E-state index in [4.69, 9.17) is 61.6 Å². The quantitative estimate of drug-likeness (QED) is 0.00956. The van der Waals surface area contributed by atoms with Crippen LogP contribution in [0.4, 0.5) is 5.69 Å². The van der Waals surface area contributed by atoms with Crippen molar-refractivity contribution in [3.8, 4) is 22.5 Å². The van der Waals surface area contributed by atoms with Crippen LogP contribution in [0.25, 0.3) is 33.4 Å². The normalized spacial score (nSPS) is 13.7. The number of methoxy groups -OCH3 is 1. The Hall–Kier alpha value is -6.07. The maximum atomic E-state index is 13.4. The highest BCUT2D eigenvalue weighted by Crippen LogP contribution is 2.42. The molecular weight excluding hydrogens is 1300 g/mol. The fraction of sp³-hybridized carbons (Fsp3) is 0.586. The van der Waals surface area contributed by atoms with Gasteiger partial charge in [0.05, 0.1) is 83.7 Å². The minimum atomic E-state index is -3.95. The highest BCUT2D eigenvalue weighted by atomic mass is 35.5. The van der Waals surface area contributed by atoms with E-state index in [0.717, 1.165) is 138 Å². The second-order valence-electron chi connectivity index (χ2n) is 23.5. The predicted octanol–water partition coefficient (Wildman–Crippen LogP) is 7.45. The Morgan fingerprint density at radius 2 is 1.27 bits per heavy atom. The number of carbonyl (C=O) groups excluding carboxylic acids is 4. The number of nitrogens with one attached hydrogen (secondary N) is 1. The summed E-state index contributed by atoms with van der Waals surface area (Å²) in [5, 5.41) is 17.3. The molecule has 1 aliphatic carbocycles. The fourth-order valence-electron chi connectivity index (χ4n) is 11.0. The second kappa shape index (κ2) is 46.2. The predicted molar refractivity (Wildman–Crippen MR) is 369 cm³/mol. The number of hydrogen-bond acceptors (Lipinski definition) is 20. The largest absolute Gasteiger partial charge is 0.545 e. The third-order valence-corrected chi connectivity index (χ3v) is 17.4. The second-order valence-corrected chi connectivity index (χ2v) is 25.9. The van der Waals surface area contributed by atoms with Gasteiger partial charge in [0.1, 0.15) is 17.1 Å². The van der Waals surface area contributed by atoms with Crippen molar-refractivity contribution in [2.24, 2.45) is 0 Å². The van der Waals surface area contributed by atoms with Crippen LogP contribution < -0.4 is 25.3 Å². The topological polar surface area (TPSA) is 290 Å². The van der Waals surface area contributed by atoms with E-state index in [1.807, 2.05) is 43.3 Å². The van der Waals surface area contributed by atoms with Crippen molar-refractivity contribution in [1.82, 2.24) is 19.7 Å². The van der Waals surface area contributed by atoms with Gasteiger partial charge in [-0.15, -0.1) is 24.2 Å². The maximum Gasteiger partial charge on any atom is 0.425 e. The molecule has 0 bridgehead atoms. The maximum absolute atomic E-state index is 13.4. The number of nitrogens with zero attached hydrogens (tertiary/aromatic N) is 4. The Bertz CT molecular complexity index is 3400. The molecular formula is C70H100ClN5O18S2. The Kier molecular flexibility index (Phi) is 38.8. The number of carboxylic acids is 1. The van der Waals surface area contributed by atoms with E-state index in [9.17, 15) is 32.7 Å². The number of anilines is 1. The molecule has 2 saturated heterocycles. The smallest absolute Gasteiger partial charge is 0.425 e. The molecule has 0 atom stereocenters. The number of alkyl halides is 1. The van der Waals surface area contributed by atoms with Crippen LogP contribution in [0.2, 0.25) is 0 Å². The van der Waals surface area contributed by atoms with Gasteiger partial charge >= 0.3 is 10.6 Å². The van der Waals surface area contributed by atoms with Gasteiger partial charge in [-0.3, -0.25) is 28.7 Å². The standard InChI is InChI=1S/C43H56N4O8S.C27H44ClNO7.O3S/c1-3-5-16-44-18-22-46(23-19-44)33-11-14-36-40(30-33)55-41-31-34(47-24-20-45(21-25-47)17-6-7-28-56(51,52)53)12-15-37(41)42(36)38-29-32(10-13-35(38)43(49)50)39(48)9-8-27-54-26-4-2;1-32-18-19-36-23-21-34-16-12-26(30)11-8-24-6-9-25(10-7-24)27(31)29-14-17-35-22-20-33-15-5-3-2-4-13-28;1-4(2)3/h10-15,29-31H,3-9,16-28H2,1-2H3,(H-,49,50,51,52,53);6-7,9-10H,2-5,8,11-23H2,1H3,(H,29,31);. The number of hydrogen-bond donors (Lipinski definition) is 2. The lowest BCUT2D eigenvalue weighted by molar-refractivity contribution is -0.255. The lowest BCUT2D eigenvalue weighted by atomic mass is 9.88. The van der Waals surface area contributed by atoms with Crippen molar-refractivity contribution in [3.05, 3.63) is 106 Å². The van der Waals surface area contributed by atoms with Gasteiger partial charge in [-0.05, 0) is 112 Å². The molecule has 2 N–H and O–H groups in total. The monoisotopic (exact) mass is 1400 g/mol. The zero-order valence-corrected chi connectivity index (χ0v) is 58.6. The van der Waals surface area contributed by atoms with E-state index in [1.165, 1.54) is 18.9 Å². The summed E-state index contributed by atoms with van der Waals surface area (Å²) >= 11 is 5.65. The first-order chi connectivity index (χ1) is 46.4. The lowest BCUT2D eigenvalue weighted by Crippen LogP contribution is -2.48. The van der Waals surface area contributed by atoms with Gasteiger partial charge in [-0.25, -0.2) is 4.58 Å². The number of piperazine rings is 2. The summed E-state index contributed by atoms with van der Waals surface area (Å²) in [7, 11) is -5.43. The molecule has 7 rings (SSSR count). The summed E-state index contributed by atoms with van der Waals surface area (Å²) < 4.78 is 97.9. The molecule has 96 heavy (non-hydrogen) atoms. The van der Waals surface area contributed by atoms with E-state index in [2.05, 4.69) is 43.6 Å². The van der Waals surface area contributed by atoms with Gasteiger partial charge in [0.25, 0.3) is 16.0 Å². The van der Waals surface area contributed by atoms with Crippen LogP contribution >= 0.6 is 11.6 Å². The van der Waals surface area contributed by atoms with Crippen LogP contribution in [0.3, 0.4) is 0 Å². The number of ketones is 2. The number of aromatic carboxylic acids is 1. The SMILES string of the molecule is CCCCN1CC[N+](=c2ccc3c(-c4cc(C(=O)CCCOCCC)ccc4C(=O)[O-])c4ccc(N5CCN(CCCCS(=O)(=O)O)CC5)cc4oc-3c2)CC1.COCCOCCOCCC(=O)CCc1ccc(C(=O)NCCOCCOCCCCCCCl)cc1.O=S(=O)=O. The average molecular weight is 1400 g/mol. The summed E-state index contributed by atoms with van der Waals surface area (Å²) in [6.45, 7) is 19.3. The number of carbonyl (C=O) groups is 4. The number of amides is 1. The number of carboxylic acid groups (broad SMARTS) is 1. The van der Waals surface area contributed by atoms with Crippen LogP contribution in [0.5, 0.6) is 0 Å². The number of rotatable bonds is 43. The Labute approximate surface area is 572 Å². The van der Waals surface area contributed by atoms with Crippen molar-refractivity contribution in [2.45, 2.75) is 104 Å². The molecule has 23 nitrogen and oxygen atoms in total. The number of Topliss-reactive ketones (excluding diaryl/α,β-unsaturated/α-hetero) is 2. The Morgan fingerprint density at radius 3 is 1.95 bits per heavy atom. The molecule has 3 aromatic rings. The molecule has 2 fully saturated rings. The molecule has 26 heteroatoms. The third-order valence-electron chi connectivity index (χ3n) is 16.3. The summed E-state index contributed by atoms with van der Waals surface area (Å²) in [6, 6.07) is 24.3. The molecule has 3 heterocycles. The van der Waals surface area contributed by atoms with Gasteiger partial charge in [-0.2, -0.15) is 8.42 Å². The molecule has 532 valence electrons. The minimum Gasteiger partial charge on any atom is -0.545 e. The summed E-state index contributed by atoms with van der Waals surface area (Å²) in [5.41, 5.74) is 5.48. The molecule has 3 aliphatic heterocycles. The first kappa shape index (κ1) is 80.6. The van der Waals surface area contributed by atoms with Crippen LogP contribution in [0.1, 0.15) is 134 Å². The zero-order valence-electron chi connectivity index (χ0n) is 56.2. The molecule has 0 spiro atoms. The molecule has 1 amide bonds. The fourth-order valence-corrected chi connectivity index (χ4v) is 11.8. The first-order valence-electron chi connectivity index (χ1n) is 33.7. The molecule has 4 aliphatic rings. The lowest BCUT2D eigenvalue weighted by Gasteiger charge is -2.36. The highest BCUT2D eigenvalue weighted by molar-refractivity contribution is 7.85. The molecule has 3 aromatic carbocycles. The number of fused-ring (bicyclic) bond motifs is 2. The van der Waals surface area contributed by atoms with Crippen molar-refractivity contribution in [1.29, 1.82) is 0 Å². The minimum absolute atomic E-state index is 0.00527. The van der Waals surface area contributed by atoms with E-state index in [0.29, 0.717) is 145 Å². The van der Waals surface area contributed by atoms with Crippen LogP contribution in [0.15, 0.2) is 83.3 Å². The number of halogens is 1. The van der Waals surface area contributed by atoms with Gasteiger partial charge in [0.2, 0.25) is 5.36 Å². The third kappa shape index (κ3) is 30.8. The van der Waals surface area contributed by atoms with E-state index in [-0.39, 0.29) is 35.2 Å². The van der Waals surface area contributed by atoms with Gasteiger partial charge < -0.3 is 53.0 Å². The summed E-state index contributed by atoms with van der Waals surface area (Å²) in [6.07, 6.45) is 11.1. The average Bonchev–Trinajstić information content (AvgIpc) is 0.743. The molecule has 0 unspecified atom stereocenters. The van der Waals surface area contributed by atoms with Crippen molar-refractivity contribution in [2.75, 3.05) is 168 Å². The molecule has 0 saturated carbocycles. The van der Waals surface area contributed by atoms with Gasteiger partial charge in [0, 0.05) is 136 Å². The summed E-state index contributed by atoms with van der Waals surface area (Å²) in [5.74, 6) is -0.253. The van der Waals surface area contributed by atoms with Crippen molar-refractivity contribution < 1.29 is 82.7 Å². The molecule has 0 radical (unpaired) electrons. The summed E-state index contributed by atoms with van der Waals surface area (Å²) in [4.78, 5) is 57.5. The number of aryl methyl sites for hydroxylation is 1. The first-order valence-corrected chi connectivity index (χ1v) is 36.8. The molecule has 0 aromatic heterocycles. The van der Waals surface area contributed by atoms with E-state index in [1.54, 1.807) is 31.4 Å². The number of benzene rings is 4. The van der Waals surface area contributed by atoms with Crippen LogP contribution in [0, 0.1) is 0 Å². The van der Waals surface area contributed by atoms with Gasteiger partial charge in [0.15, 0.2) is 18.9 Å². The van der Waals surface area contributed by atoms with E-state index < -0.39 is 26.7 Å². The van der Waals surface area contributed by atoms with Crippen molar-refractivity contribution >= 4 is 72.4 Å². The zero-order chi connectivity index (χ0) is 69.3. The Morgan fingerprint density at radius 1 is 0.635 bits per heavy atom.